The molecule has 4 nitrogen and oxygen atoms in total. The molecule has 1 aliphatic rings. The first-order chi connectivity index (χ1) is 11.5. The van der Waals surface area contributed by atoms with Crippen LogP contribution >= 0.6 is 11.6 Å². The molecule has 2 aromatic carbocycles. The average molecular weight is 347 g/mol. The first-order valence-electron chi connectivity index (χ1n) is 7.70. The lowest BCUT2D eigenvalue weighted by Crippen LogP contribution is -2.34. The summed E-state index contributed by atoms with van der Waals surface area (Å²) in [6.07, 6.45) is 1.06. The number of benzene rings is 2. The minimum Gasteiger partial charge on any atom is -0.322 e. The van der Waals surface area contributed by atoms with E-state index in [-0.39, 0.29) is 16.5 Å². The van der Waals surface area contributed by atoms with Crippen LogP contribution in [0.3, 0.4) is 0 Å². The van der Waals surface area contributed by atoms with Crippen LogP contribution < -0.4 is 10.2 Å². The largest absolute Gasteiger partial charge is 0.322 e. The van der Waals surface area contributed by atoms with E-state index in [4.69, 9.17) is 11.6 Å². The number of nitrogens with one attached hydrogen (secondary N) is 1. The van der Waals surface area contributed by atoms with Gasteiger partial charge in [-0.05, 0) is 49.2 Å². The fourth-order valence-corrected chi connectivity index (χ4v) is 3.14. The number of nitrogens with zero attached hydrogens (tertiary/aromatic N) is 1. The van der Waals surface area contributed by atoms with E-state index in [0.29, 0.717) is 25.1 Å². The normalized spacial score (nSPS) is 13.6. The molecule has 0 fully saturated rings. The second-order valence-corrected chi connectivity index (χ2v) is 5.94. The van der Waals surface area contributed by atoms with E-state index < -0.39 is 11.7 Å². The molecule has 24 heavy (non-hydrogen) atoms. The Balaban J connectivity index is 1.87. The molecule has 0 saturated heterocycles. The van der Waals surface area contributed by atoms with E-state index in [9.17, 15) is 14.0 Å². The van der Waals surface area contributed by atoms with Crippen molar-refractivity contribution in [3.8, 4) is 0 Å². The van der Waals surface area contributed by atoms with Gasteiger partial charge in [0.25, 0.3) is 5.91 Å². The summed E-state index contributed by atoms with van der Waals surface area (Å²) in [7, 11) is 0. The van der Waals surface area contributed by atoms with Crippen LogP contribution in [0.15, 0.2) is 36.4 Å². The molecule has 2 amide bonds. The van der Waals surface area contributed by atoms with E-state index >= 15 is 0 Å². The van der Waals surface area contributed by atoms with Crippen molar-refractivity contribution < 1.29 is 14.0 Å². The number of anilines is 2. The predicted molar refractivity (Wildman–Crippen MR) is 92.2 cm³/mol. The number of aryl methyl sites for hydroxylation is 1. The molecule has 3 rings (SSSR count). The molecule has 0 aliphatic carbocycles. The van der Waals surface area contributed by atoms with Crippen molar-refractivity contribution in [2.24, 2.45) is 0 Å². The zero-order chi connectivity index (χ0) is 17.3. The zero-order valence-corrected chi connectivity index (χ0v) is 13.9. The minimum absolute atomic E-state index is 0.0632. The third-order valence-corrected chi connectivity index (χ3v) is 4.36. The van der Waals surface area contributed by atoms with Gasteiger partial charge in [-0.25, -0.2) is 4.39 Å². The summed E-state index contributed by atoms with van der Waals surface area (Å²) in [6.45, 7) is 2.52. The van der Waals surface area contributed by atoms with Gasteiger partial charge in [-0.3, -0.25) is 9.59 Å². The molecule has 1 N–H and O–H groups in total. The lowest BCUT2D eigenvalue weighted by molar-refractivity contribution is -0.118. The fourth-order valence-electron chi connectivity index (χ4n) is 2.89. The summed E-state index contributed by atoms with van der Waals surface area (Å²) in [5.41, 5.74) is 2.20. The summed E-state index contributed by atoms with van der Waals surface area (Å²) in [5.74, 6) is -1.17. The van der Waals surface area contributed by atoms with Gasteiger partial charge in [0.1, 0.15) is 5.82 Å². The number of carbonyl (C=O) groups is 2. The molecule has 2 aromatic rings. The van der Waals surface area contributed by atoms with Crippen LogP contribution in [0.5, 0.6) is 0 Å². The third kappa shape index (κ3) is 2.99. The molecule has 1 aliphatic heterocycles. The molecule has 0 saturated carbocycles. The number of hydrogen-bond acceptors (Lipinski definition) is 2. The Kier molecular flexibility index (Phi) is 4.53. The molecular formula is C18H16ClFN2O2. The number of carbonyl (C=O) groups excluding carboxylic acids is 2. The van der Waals surface area contributed by atoms with E-state index in [1.165, 1.54) is 18.2 Å². The van der Waals surface area contributed by atoms with Crippen LogP contribution in [0.1, 0.15) is 29.3 Å². The van der Waals surface area contributed by atoms with Crippen LogP contribution in [0.2, 0.25) is 5.02 Å². The Labute approximate surface area is 144 Å². The summed E-state index contributed by atoms with van der Waals surface area (Å²) in [5, 5.41) is 2.73. The Morgan fingerprint density at radius 1 is 1.29 bits per heavy atom. The van der Waals surface area contributed by atoms with Gasteiger partial charge in [0.05, 0.1) is 10.6 Å². The van der Waals surface area contributed by atoms with Crippen LogP contribution in [-0.2, 0) is 11.2 Å². The standard InChI is InChI=1S/C18H16ClFN2O2/c1-2-22-15-8-7-12(10-11(15)6-9-16(22)23)21-18(24)17-13(19)4-3-5-14(17)20/h3-5,7-8,10H,2,6,9H2,1H3,(H,21,24). The summed E-state index contributed by atoms with van der Waals surface area (Å²) < 4.78 is 13.8. The molecule has 1 heterocycles. The van der Waals surface area contributed by atoms with Crippen LogP contribution in [0.4, 0.5) is 15.8 Å². The highest BCUT2D eigenvalue weighted by Crippen LogP contribution is 2.30. The molecule has 6 heteroatoms. The maximum atomic E-state index is 13.8. The van der Waals surface area contributed by atoms with E-state index in [1.54, 1.807) is 17.0 Å². The number of halogens is 2. The van der Waals surface area contributed by atoms with Crippen molar-refractivity contribution in [1.82, 2.24) is 0 Å². The van der Waals surface area contributed by atoms with E-state index in [0.717, 1.165) is 11.3 Å². The molecule has 0 radical (unpaired) electrons. The summed E-state index contributed by atoms with van der Waals surface area (Å²) >= 11 is 5.91. The zero-order valence-electron chi connectivity index (χ0n) is 13.1. The number of hydrogen-bond donors (Lipinski definition) is 1. The monoisotopic (exact) mass is 346 g/mol. The molecule has 124 valence electrons. The van der Waals surface area contributed by atoms with Crippen molar-refractivity contribution in [1.29, 1.82) is 0 Å². The van der Waals surface area contributed by atoms with E-state index in [1.807, 2.05) is 13.0 Å². The summed E-state index contributed by atoms with van der Waals surface area (Å²) in [6, 6.07) is 9.43. The lowest BCUT2D eigenvalue weighted by atomic mass is 10.0. The van der Waals surface area contributed by atoms with Gasteiger partial charge >= 0.3 is 0 Å². The van der Waals surface area contributed by atoms with Crippen molar-refractivity contribution >= 4 is 34.8 Å². The highest BCUT2D eigenvalue weighted by atomic mass is 35.5. The smallest absolute Gasteiger partial charge is 0.260 e. The van der Waals surface area contributed by atoms with Gasteiger partial charge in [0.15, 0.2) is 0 Å². The SMILES string of the molecule is CCN1C(=O)CCc2cc(NC(=O)c3c(F)cccc3Cl)ccc21. The highest BCUT2D eigenvalue weighted by molar-refractivity contribution is 6.34. The topological polar surface area (TPSA) is 49.4 Å². The quantitative estimate of drug-likeness (QED) is 0.912. The summed E-state index contributed by atoms with van der Waals surface area (Å²) in [4.78, 5) is 25.9. The maximum Gasteiger partial charge on any atom is 0.260 e. The van der Waals surface area contributed by atoms with Crippen LogP contribution in [0.25, 0.3) is 0 Å². The van der Waals surface area contributed by atoms with Crippen LogP contribution in [0, 0.1) is 5.82 Å². The van der Waals surface area contributed by atoms with Gasteiger partial charge in [-0.1, -0.05) is 17.7 Å². The molecule has 0 bridgehead atoms. The molecular weight excluding hydrogens is 331 g/mol. The molecule has 0 spiro atoms. The second kappa shape index (κ2) is 6.61. The Morgan fingerprint density at radius 2 is 2.08 bits per heavy atom. The Bertz CT molecular complexity index is 802. The number of rotatable bonds is 3. The van der Waals surface area contributed by atoms with Crippen molar-refractivity contribution in [3.63, 3.8) is 0 Å². The Hall–Kier alpha value is -2.40. The Morgan fingerprint density at radius 3 is 2.79 bits per heavy atom. The maximum absolute atomic E-state index is 13.8. The highest BCUT2D eigenvalue weighted by Gasteiger charge is 2.23. The van der Waals surface area contributed by atoms with Crippen LogP contribution in [-0.4, -0.2) is 18.4 Å². The lowest BCUT2D eigenvalue weighted by Gasteiger charge is -2.28. The molecule has 0 unspecified atom stereocenters. The minimum atomic E-state index is -0.666. The first kappa shape index (κ1) is 16.5. The van der Waals surface area contributed by atoms with Crippen molar-refractivity contribution in [2.75, 3.05) is 16.8 Å². The van der Waals surface area contributed by atoms with E-state index in [2.05, 4.69) is 5.32 Å². The fraction of sp³-hybridized carbons (Fsp3) is 0.222. The van der Waals surface area contributed by atoms with Gasteiger partial charge in [0.2, 0.25) is 5.91 Å². The van der Waals surface area contributed by atoms with Crippen molar-refractivity contribution in [2.45, 2.75) is 19.8 Å². The second-order valence-electron chi connectivity index (χ2n) is 5.53. The van der Waals surface area contributed by atoms with Gasteiger partial charge in [-0.15, -0.1) is 0 Å². The van der Waals surface area contributed by atoms with Gasteiger partial charge in [0, 0.05) is 24.3 Å². The van der Waals surface area contributed by atoms with Gasteiger partial charge in [-0.2, -0.15) is 0 Å². The third-order valence-electron chi connectivity index (χ3n) is 4.04. The number of amides is 2. The average Bonchev–Trinajstić information content (AvgIpc) is 2.55. The molecule has 0 aromatic heterocycles. The molecule has 0 atom stereocenters. The first-order valence-corrected chi connectivity index (χ1v) is 8.07. The predicted octanol–water partition coefficient (Wildman–Crippen LogP) is 4.03. The van der Waals surface area contributed by atoms with Crippen molar-refractivity contribution in [3.05, 3.63) is 58.4 Å². The van der Waals surface area contributed by atoms with Gasteiger partial charge < -0.3 is 10.2 Å². The number of fused-ring (bicyclic) bond motifs is 1.